The van der Waals surface area contributed by atoms with Gasteiger partial charge >= 0.3 is 5.97 Å². The maximum Gasteiger partial charge on any atom is 0.339 e. The van der Waals surface area contributed by atoms with Crippen molar-refractivity contribution < 1.29 is 23.8 Å². The van der Waals surface area contributed by atoms with Crippen LogP contribution in [0.2, 0.25) is 0 Å². The highest BCUT2D eigenvalue weighted by Gasteiger charge is 2.22. The number of ether oxygens (including phenoxy) is 3. The van der Waals surface area contributed by atoms with Crippen LogP contribution in [-0.4, -0.2) is 31.7 Å². The van der Waals surface area contributed by atoms with E-state index in [0.29, 0.717) is 28.3 Å². The van der Waals surface area contributed by atoms with Gasteiger partial charge in [-0.15, -0.1) is 0 Å². The van der Waals surface area contributed by atoms with Crippen molar-refractivity contribution in [1.29, 1.82) is 0 Å². The fraction of sp³-hybridized carbons (Fsp3) is 0.364. The number of amides is 1. The maximum atomic E-state index is 12.6. The molecule has 0 spiro atoms. The molecule has 0 fully saturated rings. The van der Waals surface area contributed by atoms with Crippen molar-refractivity contribution in [2.45, 2.75) is 40.2 Å². The van der Waals surface area contributed by atoms with Gasteiger partial charge in [0.25, 0.3) is 5.91 Å². The van der Waals surface area contributed by atoms with E-state index in [-0.39, 0.29) is 5.56 Å². The molecule has 0 aliphatic rings. The molecule has 2 rings (SSSR count). The van der Waals surface area contributed by atoms with Gasteiger partial charge in [-0.1, -0.05) is 19.1 Å². The van der Waals surface area contributed by atoms with Crippen LogP contribution in [0.15, 0.2) is 34.8 Å². The van der Waals surface area contributed by atoms with Crippen molar-refractivity contribution in [2.24, 2.45) is 0 Å². The molecule has 0 saturated carbocycles. The minimum absolute atomic E-state index is 0.254. The lowest BCUT2D eigenvalue weighted by Gasteiger charge is -2.17. The van der Waals surface area contributed by atoms with Gasteiger partial charge in [0.1, 0.15) is 0 Å². The van der Waals surface area contributed by atoms with Gasteiger partial charge in [-0.05, 0) is 72.4 Å². The number of rotatable bonds is 8. The summed E-state index contributed by atoms with van der Waals surface area (Å²) < 4.78 is 16.9. The number of benzene rings is 2. The normalized spacial score (nSPS) is 11.5. The van der Waals surface area contributed by atoms with Crippen LogP contribution < -0.4 is 14.8 Å². The largest absolute Gasteiger partial charge is 0.493 e. The van der Waals surface area contributed by atoms with Crippen LogP contribution in [0.1, 0.15) is 41.8 Å². The summed E-state index contributed by atoms with van der Waals surface area (Å²) in [5, 5.41) is 2.80. The fourth-order valence-corrected chi connectivity index (χ4v) is 3.13. The second-order valence-corrected chi connectivity index (χ2v) is 7.55. The Labute approximate surface area is 179 Å². The second-order valence-electron chi connectivity index (χ2n) is 6.69. The van der Waals surface area contributed by atoms with Crippen LogP contribution >= 0.6 is 15.9 Å². The van der Waals surface area contributed by atoms with E-state index in [1.807, 2.05) is 39.0 Å². The van der Waals surface area contributed by atoms with Crippen LogP contribution in [0.4, 0.5) is 5.69 Å². The first kappa shape index (κ1) is 22.7. The third kappa shape index (κ3) is 5.97. The molecule has 0 saturated heterocycles. The fourth-order valence-electron chi connectivity index (χ4n) is 2.57. The highest BCUT2D eigenvalue weighted by atomic mass is 79.9. The van der Waals surface area contributed by atoms with Crippen molar-refractivity contribution >= 4 is 33.5 Å². The highest BCUT2D eigenvalue weighted by molar-refractivity contribution is 9.10. The summed E-state index contributed by atoms with van der Waals surface area (Å²) in [6, 6.07) is 8.89. The Morgan fingerprint density at radius 3 is 2.55 bits per heavy atom. The second kappa shape index (κ2) is 10.3. The van der Waals surface area contributed by atoms with E-state index in [4.69, 9.17) is 14.2 Å². The monoisotopic (exact) mass is 463 g/mol. The van der Waals surface area contributed by atoms with E-state index in [2.05, 4.69) is 21.2 Å². The molecule has 7 heteroatoms. The minimum Gasteiger partial charge on any atom is -0.493 e. The number of esters is 1. The SMILES string of the molecule is CCCOc1c(Br)cc(C(=O)OC(C)C(=O)Nc2cc(C)ccc2C)cc1OC. The molecule has 0 aromatic heterocycles. The van der Waals surface area contributed by atoms with Gasteiger partial charge in [-0.3, -0.25) is 4.79 Å². The molecule has 0 heterocycles. The van der Waals surface area contributed by atoms with Gasteiger partial charge < -0.3 is 19.5 Å². The number of hydrogen-bond acceptors (Lipinski definition) is 5. The highest BCUT2D eigenvalue weighted by Crippen LogP contribution is 2.37. The molecule has 0 aliphatic heterocycles. The van der Waals surface area contributed by atoms with Crippen molar-refractivity contribution in [2.75, 3.05) is 19.0 Å². The first-order valence-electron chi connectivity index (χ1n) is 9.36. The number of aryl methyl sites for hydroxylation is 2. The molecule has 1 amide bonds. The number of halogens is 1. The molecule has 1 N–H and O–H groups in total. The van der Waals surface area contributed by atoms with Crippen LogP contribution in [0, 0.1) is 13.8 Å². The third-order valence-electron chi connectivity index (χ3n) is 4.22. The topological polar surface area (TPSA) is 73.9 Å². The van der Waals surface area contributed by atoms with Gasteiger partial charge in [-0.25, -0.2) is 4.79 Å². The van der Waals surface area contributed by atoms with E-state index in [0.717, 1.165) is 17.5 Å². The summed E-state index contributed by atoms with van der Waals surface area (Å²) in [6.07, 6.45) is -0.130. The molecular formula is C22H26BrNO5. The Balaban J connectivity index is 2.11. The van der Waals surface area contributed by atoms with Gasteiger partial charge in [0.05, 0.1) is 23.8 Å². The first-order chi connectivity index (χ1) is 13.8. The van der Waals surface area contributed by atoms with E-state index >= 15 is 0 Å². The average Bonchev–Trinajstić information content (AvgIpc) is 2.69. The van der Waals surface area contributed by atoms with Crippen molar-refractivity contribution in [3.05, 3.63) is 51.5 Å². The molecule has 1 atom stereocenters. The molecule has 6 nitrogen and oxygen atoms in total. The molecule has 156 valence electrons. The van der Waals surface area contributed by atoms with Gasteiger partial charge in [-0.2, -0.15) is 0 Å². The van der Waals surface area contributed by atoms with Crippen LogP contribution in [0.25, 0.3) is 0 Å². The molecule has 0 radical (unpaired) electrons. The predicted octanol–water partition coefficient (Wildman–Crippen LogP) is 5.05. The summed E-state index contributed by atoms with van der Waals surface area (Å²) in [5.74, 6) is -0.102. The average molecular weight is 464 g/mol. The molecule has 2 aromatic rings. The molecule has 2 aromatic carbocycles. The van der Waals surface area contributed by atoms with E-state index < -0.39 is 18.0 Å². The lowest BCUT2D eigenvalue weighted by Crippen LogP contribution is -2.30. The minimum atomic E-state index is -0.969. The van der Waals surface area contributed by atoms with Crippen LogP contribution in [0.5, 0.6) is 11.5 Å². The predicted molar refractivity (Wildman–Crippen MR) is 116 cm³/mol. The zero-order valence-corrected chi connectivity index (χ0v) is 18.9. The van der Waals surface area contributed by atoms with E-state index in [1.54, 1.807) is 6.07 Å². The van der Waals surface area contributed by atoms with Crippen molar-refractivity contribution in [3.8, 4) is 11.5 Å². The number of hydrogen-bond donors (Lipinski definition) is 1. The third-order valence-corrected chi connectivity index (χ3v) is 4.81. The van der Waals surface area contributed by atoms with Crippen LogP contribution in [0.3, 0.4) is 0 Å². The number of carbonyl (C=O) groups excluding carboxylic acids is 2. The molecular weight excluding hydrogens is 438 g/mol. The Morgan fingerprint density at radius 2 is 1.90 bits per heavy atom. The van der Waals surface area contributed by atoms with Gasteiger partial charge in [0, 0.05) is 5.69 Å². The quantitative estimate of drug-likeness (QED) is 0.554. The summed E-state index contributed by atoms with van der Waals surface area (Å²) >= 11 is 3.40. The maximum absolute atomic E-state index is 12.6. The first-order valence-corrected chi connectivity index (χ1v) is 10.2. The standard InChI is InChI=1S/C22H26BrNO5/c1-6-9-28-20-17(23)11-16(12-19(20)27-5)22(26)29-15(4)21(25)24-18-10-13(2)7-8-14(18)3/h7-8,10-12,15H,6,9H2,1-5H3,(H,24,25). The number of methoxy groups -OCH3 is 1. The Kier molecular flexibility index (Phi) is 8.08. The number of carbonyl (C=O) groups is 2. The van der Waals surface area contributed by atoms with E-state index in [1.165, 1.54) is 20.1 Å². The Morgan fingerprint density at radius 1 is 1.17 bits per heavy atom. The summed E-state index contributed by atoms with van der Waals surface area (Å²) in [6.45, 7) is 7.89. The van der Waals surface area contributed by atoms with E-state index in [9.17, 15) is 9.59 Å². The Bertz CT molecular complexity index is 897. The molecule has 0 aliphatic carbocycles. The smallest absolute Gasteiger partial charge is 0.339 e. The lowest BCUT2D eigenvalue weighted by atomic mass is 10.1. The number of nitrogens with one attached hydrogen (secondary N) is 1. The summed E-state index contributed by atoms with van der Waals surface area (Å²) in [7, 11) is 1.50. The van der Waals surface area contributed by atoms with Crippen molar-refractivity contribution in [3.63, 3.8) is 0 Å². The zero-order valence-electron chi connectivity index (χ0n) is 17.3. The van der Waals surface area contributed by atoms with Gasteiger partial charge in [0.2, 0.25) is 0 Å². The number of anilines is 1. The molecule has 29 heavy (non-hydrogen) atoms. The zero-order chi connectivity index (χ0) is 21.6. The summed E-state index contributed by atoms with van der Waals surface area (Å²) in [4.78, 5) is 25.0. The van der Waals surface area contributed by atoms with Crippen molar-refractivity contribution in [1.82, 2.24) is 0 Å². The van der Waals surface area contributed by atoms with Gasteiger partial charge in [0.15, 0.2) is 17.6 Å². The van der Waals surface area contributed by atoms with Crippen LogP contribution in [-0.2, 0) is 9.53 Å². The Hall–Kier alpha value is -2.54. The molecule has 0 bridgehead atoms. The lowest BCUT2D eigenvalue weighted by molar-refractivity contribution is -0.123. The summed E-state index contributed by atoms with van der Waals surface area (Å²) in [5.41, 5.74) is 2.90. The molecule has 1 unspecified atom stereocenters.